The third-order valence-corrected chi connectivity index (χ3v) is 1.98. The van der Waals surface area contributed by atoms with Crippen LogP contribution < -0.4 is 0 Å². The van der Waals surface area contributed by atoms with Crippen molar-refractivity contribution in [1.29, 1.82) is 0 Å². The Balaban J connectivity index is -0.000000439. The lowest BCUT2D eigenvalue weighted by atomic mass is 10.1. The summed E-state index contributed by atoms with van der Waals surface area (Å²) >= 11 is 0. The number of nitrogens with zero attached hydrogens (tertiary/aromatic N) is 1. The summed E-state index contributed by atoms with van der Waals surface area (Å²) in [5.74, 6) is 0. The molecule has 0 aliphatic rings. The minimum Gasteiger partial charge on any atom is -0.378 e. The van der Waals surface area contributed by atoms with E-state index in [0.29, 0.717) is 0 Å². The second kappa shape index (κ2) is 17.2. The molecule has 0 fully saturated rings. The van der Waals surface area contributed by atoms with E-state index >= 15 is 0 Å². The average molecular weight is 237 g/mol. The molecule has 0 bridgehead atoms. The molecule has 0 spiro atoms. The largest absolute Gasteiger partial charge is 0.378 e. The molecule has 0 amide bonds. The van der Waals surface area contributed by atoms with E-state index in [2.05, 4.69) is 24.6 Å². The zero-order valence-electron chi connectivity index (χ0n) is 12.7. The van der Waals surface area contributed by atoms with Gasteiger partial charge in [-0.3, -0.25) is 0 Å². The van der Waals surface area contributed by atoms with Crippen LogP contribution in [0.3, 0.4) is 0 Å². The van der Waals surface area contributed by atoms with Gasteiger partial charge in [-0.1, -0.05) is 65.7 Å². The normalized spacial score (nSPS) is 8.94. The molecule has 0 unspecified atom stereocenters. The van der Waals surface area contributed by atoms with Gasteiger partial charge in [0.25, 0.3) is 0 Å². The van der Waals surface area contributed by atoms with Gasteiger partial charge in [0.1, 0.15) is 0 Å². The maximum Gasteiger partial charge on any atom is 0.0211 e. The fourth-order valence-corrected chi connectivity index (χ4v) is 0.892. The molecule has 0 aliphatic heterocycles. The van der Waals surface area contributed by atoms with E-state index in [1.54, 1.807) is 6.08 Å². The molecule has 0 heterocycles. The van der Waals surface area contributed by atoms with Crippen molar-refractivity contribution >= 4 is 0 Å². The minimum absolute atomic E-state index is 0.973. The highest BCUT2D eigenvalue weighted by molar-refractivity contribution is 5.21. The van der Waals surface area contributed by atoms with Gasteiger partial charge in [-0.2, -0.15) is 0 Å². The molecular formula is C16H31N. The monoisotopic (exact) mass is 237 g/mol. The molecule has 17 heavy (non-hydrogen) atoms. The molecule has 1 nitrogen and oxygen atoms in total. The lowest BCUT2D eigenvalue weighted by Gasteiger charge is -2.18. The summed E-state index contributed by atoms with van der Waals surface area (Å²) in [5, 5.41) is 0. The molecule has 1 heteroatoms. The zero-order valence-corrected chi connectivity index (χ0v) is 12.7. The van der Waals surface area contributed by atoms with Crippen LogP contribution in [0.4, 0.5) is 0 Å². The van der Waals surface area contributed by atoms with Crippen LogP contribution in [0, 0.1) is 0 Å². The summed E-state index contributed by atoms with van der Waals surface area (Å²) in [6, 6.07) is 0. The first-order valence-electron chi connectivity index (χ1n) is 6.42. The van der Waals surface area contributed by atoms with Gasteiger partial charge in [-0.25, -0.2) is 0 Å². The second-order valence-electron chi connectivity index (χ2n) is 3.09. The van der Waals surface area contributed by atoms with Crippen LogP contribution in [0.5, 0.6) is 0 Å². The molecule has 0 rings (SSSR count). The third kappa shape index (κ3) is 14.8. The van der Waals surface area contributed by atoms with Crippen LogP contribution in [-0.4, -0.2) is 18.5 Å². The zero-order chi connectivity index (χ0) is 14.3. The summed E-state index contributed by atoms with van der Waals surface area (Å²) in [6.45, 7) is 22.2. The van der Waals surface area contributed by atoms with Gasteiger partial charge < -0.3 is 4.90 Å². The van der Waals surface area contributed by atoms with Gasteiger partial charge in [0.2, 0.25) is 0 Å². The summed E-state index contributed by atoms with van der Waals surface area (Å²) < 4.78 is 0. The average Bonchev–Trinajstić information content (AvgIpc) is 2.38. The van der Waals surface area contributed by atoms with E-state index in [0.717, 1.165) is 18.7 Å². The topological polar surface area (TPSA) is 3.24 Å². The summed E-state index contributed by atoms with van der Waals surface area (Å²) in [5.41, 5.74) is 2.30. The molecule has 0 saturated carbocycles. The van der Waals surface area contributed by atoms with E-state index in [4.69, 9.17) is 0 Å². The first-order chi connectivity index (χ1) is 8.11. The highest BCUT2D eigenvalue weighted by atomic mass is 15.1. The maximum atomic E-state index is 3.87. The Labute approximate surface area is 109 Å². The van der Waals surface area contributed by atoms with Crippen molar-refractivity contribution in [3.8, 4) is 0 Å². The first-order valence-corrected chi connectivity index (χ1v) is 6.42. The molecule has 0 aromatic carbocycles. The minimum atomic E-state index is 0.973. The second-order valence-corrected chi connectivity index (χ2v) is 3.09. The first kappa shape index (κ1) is 21.1. The van der Waals surface area contributed by atoms with E-state index in [-0.39, 0.29) is 0 Å². The Hall–Kier alpha value is -1.24. The molecule has 0 saturated heterocycles. The van der Waals surface area contributed by atoms with Crippen molar-refractivity contribution in [2.75, 3.05) is 13.6 Å². The fourth-order valence-electron chi connectivity index (χ4n) is 0.892. The number of allylic oxidation sites excluding steroid dienone is 4. The number of rotatable bonds is 6. The summed E-state index contributed by atoms with van der Waals surface area (Å²) in [7, 11) is 2.04. The van der Waals surface area contributed by atoms with Crippen LogP contribution >= 0.6 is 0 Å². The maximum absolute atomic E-state index is 3.87. The van der Waals surface area contributed by atoms with Crippen molar-refractivity contribution in [3.05, 3.63) is 49.2 Å². The Kier molecular flexibility index (Phi) is 21.3. The van der Waals surface area contributed by atoms with Crippen molar-refractivity contribution in [2.24, 2.45) is 0 Å². The summed E-state index contributed by atoms with van der Waals surface area (Å²) in [6.07, 6.45) is 6.63. The molecule has 0 atom stereocenters. The van der Waals surface area contributed by atoms with Crippen LogP contribution in [0.25, 0.3) is 0 Å². The standard InChI is InChI=1S/C12H19N.2C2H6/c1-6-8-12(7-2)9-10-13(5)11(3)4;2*1-2/h6-8H,1-3,9-10H2,4-5H3;2*1-2H3/b12-8+;;. The van der Waals surface area contributed by atoms with E-state index < -0.39 is 0 Å². The van der Waals surface area contributed by atoms with Crippen LogP contribution in [0.2, 0.25) is 0 Å². The Morgan fingerprint density at radius 2 is 1.59 bits per heavy atom. The molecule has 0 aliphatic carbocycles. The van der Waals surface area contributed by atoms with Gasteiger partial charge in [0.15, 0.2) is 0 Å². The van der Waals surface area contributed by atoms with E-state index in [1.165, 1.54) is 5.57 Å². The van der Waals surface area contributed by atoms with Crippen LogP contribution in [0.15, 0.2) is 49.2 Å². The molecule has 0 N–H and O–H groups in total. The predicted octanol–water partition coefficient (Wildman–Crippen LogP) is 5.19. The van der Waals surface area contributed by atoms with Crippen molar-refractivity contribution in [3.63, 3.8) is 0 Å². The van der Waals surface area contributed by atoms with Crippen molar-refractivity contribution in [1.82, 2.24) is 4.90 Å². The number of hydrogen-bond acceptors (Lipinski definition) is 1. The van der Waals surface area contributed by atoms with Gasteiger partial charge >= 0.3 is 0 Å². The SMILES string of the molecule is C=C/C=C(\C=C)CCN(C)C(=C)C.CC.CC. The Morgan fingerprint density at radius 3 is 1.88 bits per heavy atom. The highest BCUT2D eigenvalue weighted by Crippen LogP contribution is 2.06. The van der Waals surface area contributed by atoms with Gasteiger partial charge in [-0.15, -0.1) is 0 Å². The van der Waals surface area contributed by atoms with Gasteiger partial charge in [-0.05, 0) is 18.9 Å². The van der Waals surface area contributed by atoms with E-state index in [9.17, 15) is 0 Å². The van der Waals surface area contributed by atoms with Gasteiger partial charge in [0, 0.05) is 19.3 Å². The molecule has 0 aromatic heterocycles. The predicted molar refractivity (Wildman–Crippen MR) is 83.2 cm³/mol. The van der Waals surface area contributed by atoms with Gasteiger partial charge in [0.05, 0.1) is 0 Å². The quantitative estimate of drug-likeness (QED) is 0.574. The lowest BCUT2D eigenvalue weighted by Crippen LogP contribution is -2.16. The number of hydrogen-bond donors (Lipinski definition) is 0. The lowest BCUT2D eigenvalue weighted by molar-refractivity contribution is 0.426. The molecular weight excluding hydrogens is 206 g/mol. The molecule has 0 radical (unpaired) electrons. The van der Waals surface area contributed by atoms with E-state index in [1.807, 2.05) is 53.8 Å². The fraction of sp³-hybridized carbons (Fsp3) is 0.500. The Bertz CT molecular complexity index is 224. The third-order valence-electron chi connectivity index (χ3n) is 1.98. The Morgan fingerprint density at radius 1 is 1.12 bits per heavy atom. The molecule has 0 aromatic rings. The smallest absolute Gasteiger partial charge is 0.0211 e. The summed E-state index contributed by atoms with van der Waals surface area (Å²) in [4.78, 5) is 2.13. The van der Waals surface area contributed by atoms with Crippen LogP contribution in [0.1, 0.15) is 41.0 Å². The van der Waals surface area contributed by atoms with Crippen LogP contribution in [-0.2, 0) is 0 Å². The van der Waals surface area contributed by atoms with Crippen molar-refractivity contribution in [2.45, 2.75) is 41.0 Å². The molecule has 100 valence electrons. The highest BCUT2D eigenvalue weighted by Gasteiger charge is 1.97. The van der Waals surface area contributed by atoms with Crippen molar-refractivity contribution < 1.29 is 0 Å².